The molecule has 3 rings (SSSR count). The monoisotopic (exact) mass is 406 g/mol. The van der Waals surface area contributed by atoms with E-state index >= 15 is 0 Å². The zero-order valence-electron chi connectivity index (χ0n) is 17.6. The van der Waals surface area contributed by atoms with E-state index < -0.39 is 17.0 Å². The Balaban J connectivity index is 1.65. The summed E-state index contributed by atoms with van der Waals surface area (Å²) in [6, 6.07) is 4.21. The highest BCUT2D eigenvalue weighted by molar-refractivity contribution is 5.81. The number of hydrogen-bond donors (Lipinski definition) is 2. The molecule has 7 heteroatoms. The number of rotatable bonds is 5. The van der Waals surface area contributed by atoms with Crippen molar-refractivity contribution in [3.05, 3.63) is 35.4 Å². The Kier molecular flexibility index (Phi) is 6.75. The van der Waals surface area contributed by atoms with Gasteiger partial charge in [-0.1, -0.05) is 32.8 Å². The van der Waals surface area contributed by atoms with Gasteiger partial charge in [0.05, 0.1) is 0 Å². The summed E-state index contributed by atoms with van der Waals surface area (Å²) in [4.78, 5) is 18.4. The van der Waals surface area contributed by atoms with Crippen LogP contribution >= 0.6 is 0 Å². The molecule has 2 fully saturated rings. The Morgan fingerprint density at radius 3 is 2.52 bits per heavy atom. The second-order valence-electron chi connectivity index (χ2n) is 8.58. The first-order valence-corrected chi connectivity index (χ1v) is 10.6. The highest BCUT2D eigenvalue weighted by Gasteiger charge is 2.40. The highest BCUT2D eigenvalue weighted by Crippen LogP contribution is 2.42. The van der Waals surface area contributed by atoms with Crippen LogP contribution in [0.1, 0.15) is 51.5 Å². The molecule has 1 aliphatic carbocycles. The number of carbonyl (C=O) groups excluding carboxylic acids is 1. The van der Waals surface area contributed by atoms with E-state index in [2.05, 4.69) is 15.6 Å². The average molecular weight is 407 g/mol. The summed E-state index contributed by atoms with van der Waals surface area (Å²) in [6.07, 6.45) is 4.25. The van der Waals surface area contributed by atoms with Gasteiger partial charge in [-0.25, -0.2) is 8.78 Å². The van der Waals surface area contributed by atoms with Crippen molar-refractivity contribution in [3.8, 4) is 0 Å². The fourth-order valence-electron chi connectivity index (χ4n) is 4.66. The number of aliphatic imine (C=N–C) groups is 1. The molecular formula is C22H32F2N4O. The number of guanidine groups is 1. The minimum atomic E-state index is -0.567. The van der Waals surface area contributed by atoms with Crippen molar-refractivity contribution in [2.24, 2.45) is 10.9 Å². The average Bonchev–Trinajstić information content (AvgIpc) is 3.34. The number of likely N-dealkylation sites (tertiary alicyclic amines) is 1. The lowest BCUT2D eigenvalue weighted by Crippen LogP contribution is -2.49. The first kappa shape index (κ1) is 21.5. The number of halogens is 2. The van der Waals surface area contributed by atoms with Crippen molar-refractivity contribution in [1.82, 2.24) is 15.5 Å². The lowest BCUT2D eigenvalue weighted by Gasteiger charge is -2.31. The summed E-state index contributed by atoms with van der Waals surface area (Å²) in [6.45, 7) is 5.62. The van der Waals surface area contributed by atoms with Gasteiger partial charge < -0.3 is 15.5 Å². The van der Waals surface area contributed by atoms with Gasteiger partial charge in [0.25, 0.3) is 0 Å². The van der Waals surface area contributed by atoms with Crippen molar-refractivity contribution < 1.29 is 13.6 Å². The summed E-state index contributed by atoms with van der Waals surface area (Å²) < 4.78 is 29.0. The summed E-state index contributed by atoms with van der Waals surface area (Å²) in [5.41, 5.74) is -0.377. The van der Waals surface area contributed by atoms with Crippen LogP contribution in [0.3, 0.4) is 0 Å². The van der Waals surface area contributed by atoms with Crippen molar-refractivity contribution in [1.29, 1.82) is 0 Å². The Hall–Kier alpha value is -2.18. The van der Waals surface area contributed by atoms with Gasteiger partial charge in [-0.2, -0.15) is 0 Å². The van der Waals surface area contributed by atoms with E-state index in [4.69, 9.17) is 0 Å². The van der Waals surface area contributed by atoms with Gasteiger partial charge in [0, 0.05) is 49.6 Å². The molecule has 0 spiro atoms. The number of amides is 1. The largest absolute Gasteiger partial charge is 0.356 e. The van der Waals surface area contributed by atoms with Gasteiger partial charge in [-0.15, -0.1) is 0 Å². The lowest BCUT2D eigenvalue weighted by atomic mass is 9.78. The third-order valence-corrected chi connectivity index (χ3v) is 6.21. The van der Waals surface area contributed by atoms with E-state index in [9.17, 15) is 13.6 Å². The van der Waals surface area contributed by atoms with Crippen LogP contribution in [0.15, 0.2) is 23.2 Å². The van der Waals surface area contributed by atoms with Crippen LogP contribution in [0.2, 0.25) is 0 Å². The van der Waals surface area contributed by atoms with Crippen molar-refractivity contribution in [2.75, 3.05) is 26.7 Å². The molecule has 1 atom stereocenters. The van der Waals surface area contributed by atoms with Gasteiger partial charge in [0.2, 0.25) is 5.91 Å². The minimum absolute atomic E-state index is 0.0101. The van der Waals surface area contributed by atoms with E-state index in [1.165, 1.54) is 18.2 Å². The molecule has 1 amide bonds. The molecule has 1 saturated carbocycles. The molecular weight excluding hydrogens is 374 g/mol. The standard InChI is InChI=1S/C22H32F2N4O/c1-15(2)20(29)28-12-9-16(13-28)27-21(25-3)26-14-22(10-4-5-11-22)19-17(23)7-6-8-18(19)24/h6-8,15-16H,4-5,9-14H2,1-3H3,(H2,25,26,27). The summed E-state index contributed by atoms with van der Waals surface area (Å²) in [5.74, 6) is -0.191. The Labute approximate surface area is 172 Å². The molecule has 29 heavy (non-hydrogen) atoms. The molecule has 1 aliphatic heterocycles. The number of carbonyl (C=O) groups is 1. The summed E-state index contributed by atoms with van der Waals surface area (Å²) >= 11 is 0. The molecule has 2 N–H and O–H groups in total. The van der Waals surface area contributed by atoms with Crippen molar-refractivity contribution in [3.63, 3.8) is 0 Å². The van der Waals surface area contributed by atoms with Crippen LogP contribution in [0.25, 0.3) is 0 Å². The van der Waals surface area contributed by atoms with E-state index in [-0.39, 0.29) is 23.4 Å². The van der Waals surface area contributed by atoms with Gasteiger partial charge in [0.1, 0.15) is 11.6 Å². The molecule has 1 aromatic carbocycles. The Morgan fingerprint density at radius 1 is 1.28 bits per heavy atom. The number of nitrogens with zero attached hydrogens (tertiary/aromatic N) is 2. The second kappa shape index (κ2) is 9.09. The van der Waals surface area contributed by atoms with Crippen molar-refractivity contribution in [2.45, 2.75) is 57.4 Å². The molecule has 1 unspecified atom stereocenters. The third kappa shape index (κ3) is 4.70. The second-order valence-corrected chi connectivity index (χ2v) is 8.58. The third-order valence-electron chi connectivity index (χ3n) is 6.21. The molecule has 1 saturated heterocycles. The van der Waals surface area contributed by atoms with Gasteiger partial charge in [0.15, 0.2) is 5.96 Å². The fraction of sp³-hybridized carbons (Fsp3) is 0.636. The van der Waals surface area contributed by atoms with Crippen LogP contribution in [-0.4, -0.2) is 49.5 Å². The number of hydrogen-bond acceptors (Lipinski definition) is 2. The van der Waals surface area contributed by atoms with E-state index in [0.29, 0.717) is 19.0 Å². The number of nitrogens with one attached hydrogen (secondary N) is 2. The number of benzene rings is 1. The Bertz CT molecular complexity index is 739. The van der Waals surface area contributed by atoms with E-state index in [1.54, 1.807) is 7.05 Å². The van der Waals surface area contributed by atoms with Crippen LogP contribution in [0.5, 0.6) is 0 Å². The minimum Gasteiger partial charge on any atom is -0.356 e. The van der Waals surface area contributed by atoms with Crippen LogP contribution in [0.4, 0.5) is 8.78 Å². The molecule has 1 heterocycles. The predicted molar refractivity (Wildman–Crippen MR) is 111 cm³/mol. The topological polar surface area (TPSA) is 56.7 Å². The van der Waals surface area contributed by atoms with Gasteiger partial charge in [-0.05, 0) is 31.4 Å². The summed E-state index contributed by atoms with van der Waals surface area (Å²) in [7, 11) is 1.69. The maximum atomic E-state index is 14.5. The van der Waals surface area contributed by atoms with Crippen molar-refractivity contribution >= 4 is 11.9 Å². The van der Waals surface area contributed by atoms with Crippen LogP contribution < -0.4 is 10.6 Å². The SMILES string of the molecule is CN=C(NCC1(c2c(F)cccc2F)CCCC1)NC1CCN(C(=O)C(C)C)C1. The predicted octanol–water partition coefficient (Wildman–Crippen LogP) is 3.20. The fourth-order valence-corrected chi connectivity index (χ4v) is 4.66. The molecule has 160 valence electrons. The van der Waals surface area contributed by atoms with E-state index in [1.807, 2.05) is 18.7 Å². The van der Waals surface area contributed by atoms with Gasteiger partial charge >= 0.3 is 0 Å². The smallest absolute Gasteiger partial charge is 0.225 e. The zero-order valence-corrected chi connectivity index (χ0v) is 17.6. The molecule has 5 nitrogen and oxygen atoms in total. The zero-order chi connectivity index (χ0) is 21.0. The lowest BCUT2D eigenvalue weighted by molar-refractivity contribution is -0.133. The van der Waals surface area contributed by atoms with Gasteiger partial charge in [-0.3, -0.25) is 9.79 Å². The molecule has 1 aromatic rings. The normalized spacial score (nSPS) is 21.7. The molecule has 0 aromatic heterocycles. The molecule has 0 radical (unpaired) electrons. The first-order chi connectivity index (χ1) is 13.9. The first-order valence-electron chi connectivity index (χ1n) is 10.6. The maximum absolute atomic E-state index is 14.5. The van der Waals surface area contributed by atoms with E-state index in [0.717, 1.165) is 38.6 Å². The highest BCUT2D eigenvalue weighted by atomic mass is 19.1. The van der Waals surface area contributed by atoms with Crippen LogP contribution in [-0.2, 0) is 10.2 Å². The quantitative estimate of drug-likeness (QED) is 0.583. The maximum Gasteiger partial charge on any atom is 0.225 e. The Morgan fingerprint density at radius 2 is 1.93 bits per heavy atom. The van der Waals surface area contributed by atoms with Crippen LogP contribution in [0, 0.1) is 17.6 Å². The molecule has 0 bridgehead atoms. The summed E-state index contributed by atoms with van der Waals surface area (Å²) in [5, 5.41) is 6.67. The molecule has 2 aliphatic rings.